The molecule has 0 aliphatic heterocycles. The van der Waals surface area contributed by atoms with Crippen LogP contribution in [0.3, 0.4) is 0 Å². The quantitative estimate of drug-likeness (QED) is 0.162. The van der Waals surface area contributed by atoms with Crippen molar-refractivity contribution in [3.05, 3.63) is 0 Å². The van der Waals surface area contributed by atoms with Crippen LogP contribution in [0.1, 0.15) is 66.7 Å². The van der Waals surface area contributed by atoms with E-state index in [2.05, 4.69) is 20.8 Å². The van der Waals surface area contributed by atoms with Crippen LogP contribution in [0.5, 0.6) is 0 Å². The molecule has 0 heterocycles. The summed E-state index contributed by atoms with van der Waals surface area (Å²) in [6.45, 7) is 13.5. The molecule has 0 saturated carbocycles. The van der Waals surface area contributed by atoms with E-state index >= 15 is 0 Å². The van der Waals surface area contributed by atoms with Gasteiger partial charge in [-0.15, -0.1) is 0 Å². The highest BCUT2D eigenvalue weighted by atomic mass is 33.1. The molecule has 0 aromatic carbocycles. The van der Waals surface area contributed by atoms with Gasteiger partial charge in [-0.2, -0.15) is 0 Å². The molecule has 0 aliphatic rings. The third-order valence-electron chi connectivity index (χ3n) is 5.37. The van der Waals surface area contributed by atoms with Gasteiger partial charge in [0.15, 0.2) is 0 Å². The van der Waals surface area contributed by atoms with Crippen LogP contribution >= 0.6 is 21.6 Å². The molecule has 9 heteroatoms. The summed E-state index contributed by atoms with van der Waals surface area (Å²) in [5.41, 5.74) is 0. The van der Waals surface area contributed by atoms with Crippen molar-refractivity contribution in [3.8, 4) is 0 Å². The molecule has 1 atom stereocenters. The number of Topliss-reactive ketones (excluding diaryl/α,β-unsaturated/α-hetero) is 1. The third-order valence-corrected chi connectivity index (χ3v) is 8.33. The van der Waals surface area contributed by atoms with Crippen molar-refractivity contribution in [1.82, 2.24) is 9.80 Å². The molecule has 0 radical (unpaired) electrons. The summed E-state index contributed by atoms with van der Waals surface area (Å²) in [6.07, 6.45) is 3.34. The number of hydrogen-bond acceptors (Lipinski definition) is 7. The average molecular weight is 521 g/mol. The van der Waals surface area contributed by atoms with Gasteiger partial charge in [-0.1, -0.05) is 56.2 Å². The number of rotatable bonds is 21. The van der Waals surface area contributed by atoms with Crippen LogP contribution in [0.15, 0.2) is 0 Å². The van der Waals surface area contributed by atoms with E-state index < -0.39 is 0 Å². The number of ketones is 1. The lowest BCUT2D eigenvalue weighted by atomic mass is 10.0. The molecule has 34 heavy (non-hydrogen) atoms. The standard InChI is InChI=1S/C25H48N2O5S2/c1-20(2)10-15-31-17-18-32-16-11-24(29)26(6)13-14-27(7)25(30)12-19-33-34-22(5)8-9-23(28)21(3)4/h20-22H,8-19H2,1-7H3. The second-order valence-electron chi connectivity index (χ2n) is 9.43. The summed E-state index contributed by atoms with van der Waals surface area (Å²) in [6, 6.07) is 0. The van der Waals surface area contributed by atoms with Crippen molar-refractivity contribution in [2.45, 2.75) is 72.0 Å². The van der Waals surface area contributed by atoms with Crippen LogP contribution in [0.25, 0.3) is 0 Å². The van der Waals surface area contributed by atoms with Gasteiger partial charge in [0.05, 0.1) is 26.2 Å². The normalized spacial score (nSPS) is 12.3. The molecular formula is C25H48N2O5S2. The first-order valence-electron chi connectivity index (χ1n) is 12.5. The van der Waals surface area contributed by atoms with Gasteiger partial charge in [0.25, 0.3) is 0 Å². The molecule has 0 aliphatic carbocycles. The van der Waals surface area contributed by atoms with Crippen LogP contribution in [0.2, 0.25) is 0 Å². The van der Waals surface area contributed by atoms with Crippen LogP contribution in [0, 0.1) is 11.8 Å². The molecule has 0 rings (SSSR count). The number of ether oxygens (including phenoxy) is 2. The molecule has 2 amide bonds. The molecule has 0 aromatic heterocycles. The molecule has 0 saturated heterocycles. The van der Waals surface area contributed by atoms with Gasteiger partial charge in [0, 0.05) is 63.6 Å². The Labute approximate surface area is 215 Å². The van der Waals surface area contributed by atoms with E-state index in [1.54, 1.807) is 45.5 Å². The first kappa shape index (κ1) is 33.2. The number of carbonyl (C=O) groups is 3. The topological polar surface area (TPSA) is 76.2 Å². The van der Waals surface area contributed by atoms with E-state index in [0.29, 0.717) is 69.1 Å². The number of hydrogen-bond donors (Lipinski definition) is 0. The molecule has 0 N–H and O–H groups in total. The summed E-state index contributed by atoms with van der Waals surface area (Å²) < 4.78 is 11.0. The SMILES string of the molecule is CC(C)CCOCCOCCC(=O)N(C)CCN(C)C(=O)CCSSC(C)CCC(=O)C(C)C. The zero-order valence-corrected chi connectivity index (χ0v) is 24.1. The van der Waals surface area contributed by atoms with Gasteiger partial charge in [0.2, 0.25) is 11.8 Å². The number of amides is 2. The molecule has 0 spiro atoms. The Hall–Kier alpha value is -0.770. The van der Waals surface area contributed by atoms with E-state index in [1.165, 1.54) is 0 Å². The molecule has 0 fully saturated rings. The Morgan fingerprint density at radius 1 is 0.735 bits per heavy atom. The lowest BCUT2D eigenvalue weighted by Gasteiger charge is -2.22. The van der Waals surface area contributed by atoms with Crippen molar-refractivity contribution in [2.75, 3.05) is 59.4 Å². The zero-order chi connectivity index (χ0) is 25.9. The van der Waals surface area contributed by atoms with Crippen molar-refractivity contribution in [1.29, 1.82) is 0 Å². The first-order valence-corrected chi connectivity index (χ1v) is 14.9. The highest BCUT2D eigenvalue weighted by molar-refractivity contribution is 8.76. The van der Waals surface area contributed by atoms with E-state index in [4.69, 9.17) is 9.47 Å². The summed E-state index contributed by atoms with van der Waals surface area (Å²) in [5, 5.41) is 0.390. The highest BCUT2D eigenvalue weighted by Gasteiger charge is 2.14. The average Bonchev–Trinajstić information content (AvgIpc) is 2.79. The van der Waals surface area contributed by atoms with E-state index in [0.717, 1.165) is 25.2 Å². The van der Waals surface area contributed by atoms with Gasteiger partial charge in [-0.05, 0) is 18.8 Å². The maximum absolute atomic E-state index is 12.3. The van der Waals surface area contributed by atoms with Gasteiger partial charge in [-0.25, -0.2) is 0 Å². The van der Waals surface area contributed by atoms with Gasteiger partial charge in [0.1, 0.15) is 5.78 Å². The van der Waals surface area contributed by atoms with Gasteiger partial charge in [-0.3, -0.25) is 14.4 Å². The maximum Gasteiger partial charge on any atom is 0.224 e. The molecule has 0 aromatic rings. The second kappa shape index (κ2) is 20.4. The van der Waals surface area contributed by atoms with E-state index in [-0.39, 0.29) is 17.7 Å². The van der Waals surface area contributed by atoms with Crippen molar-refractivity contribution in [2.24, 2.45) is 11.8 Å². The Bertz CT molecular complexity index is 576. The summed E-state index contributed by atoms with van der Waals surface area (Å²) in [7, 11) is 6.96. The monoisotopic (exact) mass is 520 g/mol. The van der Waals surface area contributed by atoms with Crippen LogP contribution in [0.4, 0.5) is 0 Å². The fraction of sp³-hybridized carbons (Fsp3) is 0.880. The minimum atomic E-state index is 0.0125. The minimum Gasteiger partial charge on any atom is -0.379 e. The maximum atomic E-state index is 12.3. The molecule has 1 unspecified atom stereocenters. The van der Waals surface area contributed by atoms with Gasteiger partial charge < -0.3 is 19.3 Å². The number of nitrogens with zero attached hydrogens (tertiary/aromatic N) is 2. The molecule has 7 nitrogen and oxygen atoms in total. The Morgan fingerprint density at radius 3 is 1.85 bits per heavy atom. The lowest BCUT2D eigenvalue weighted by Crippen LogP contribution is -2.37. The van der Waals surface area contributed by atoms with Crippen molar-refractivity contribution in [3.63, 3.8) is 0 Å². The van der Waals surface area contributed by atoms with Gasteiger partial charge >= 0.3 is 0 Å². The lowest BCUT2D eigenvalue weighted by molar-refractivity contribution is -0.134. The summed E-state index contributed by atoms with van der Waals surface area (Å²) in [4.78, 5) is 39.6. The molecule has 200 valence electrons. The third kappa shape index (κ3) is 18.5. The van der Waals surface area contributed by atoms with E-state index in [9.17, 15) is 14.4 Å². The Balaban J connectivity index is 3.82. The van der Waals surface area contributed by atoms with Crippen LogP contribution in [-0.2, 0) is 23.9 Å². The number of carbonyl (C=O) groups excluding carboxylic acids is 3. The zero-order valence-electron chi connectivity index (χ0n) is 22.5. The fourth-order valence-corrected chi connectivity index (χ4v) is 5.03. The smallest absolute Gasteiger partial charge is 0.224 e. The van der Waals surface area contributed by atoms with Crippen molar-refractivity contribution < 1.29 is 23.9 Å². The summed E-state index contributed by atoms with van der Waals surface area (Å²) in [5.74, 6) is 1.88. The predicted molar refractivity (Wildman–Crippen MR) is 144 cm³/mol. The minimum absolute atomic E-state index is 0.0125. The Morgan fingerprint density at radius 2 is 1.29 bits per heavy atom. The largest absolute Gasteiger partial charge is 0.379 e. The predicted octanol–water partition coefficient (Wildman–Crippen LogP) is 4.54. The molecule has 0 bridgehead atoms. The first-order chi connectivity index (χ1) is 16.0. The second-order valence-corrected chi connectivity index (χ2v) is 12.4. The van der Waals surface area contributed by atoms with Crippen molar-refractivity contribution >= 4 is 39.2 Å². The fourth-order valence-electron chi connectivity index (χ4n) is 2.71. The van der Waals surface area contributed by atoms with E-state index in [1.807, 2.05) is 13.8 Å². The summed E-state index contributed by atoms with van der Waals surface area (Å²) >= 11 is 0. The Kier molecular flexibility index (Phi) is 20.0. The van der Waals surface area contributed by atoms with Crippen LogP contribution < -0.4 is 0 Å². The van der Waals surface area contributed by atoms with Crippen LogP contribution in [-0.4, -0.2) is 92.0 Å². The number of likely N-dealkylation sites (N-methyl/N-ethyl adjacent to an activating group) is 2. The highest BCUT2D eigenvalue weighted by Crippen LogP contribution is 2.30. The molecular weight excluding hydrogens is 472 g/mol.